The molecule has 0 spiro atoms. The summed E-state index contributed by atoms with van der Waals surface area (Å²) in [6.07, 6.45) is 2.97. The van der Waals surface area contributed by atoms with Gasteiger partial charge in [0, 0.05) is 44.4 Å². The molecular formula is C17H23N3O. The predicted molar refractivity (Wildman–Crippen MR) is 85.1 cm³/mol. The van der Waals surface area contributed by atoms with E-state index in [1.807, 2.05) is 12.3 Å². The first-order valence-electron chi connectivity index (χ1n) is 7.53. The van der Waals surface area contributed by atoms with Gasteiger partial charge in [-0.15, -0.1) is 0 Å². The summed E-state index contributed by atoms with van der Waals surface area (Å²) in [5.74, 6) is 0. The molecule has 0 radical (unpaired) electrons. The van der Waals surface area contributed by atoms with Crippen LogP contribution >= 0.6 is 0 Å². The zero-order chi connectivity index (χ0) is 14.8. The molecule has 3 rings (SSSR count). The van der Waals surface area contributed by atoms with Gasteiger partial charge < -0.3 is 10.5 Å². The molecule has 0 unspecified atom stereocenters. The van der Waals surface area contributed by atoms with Crippen LogP contribution in [-0.4, -0.2) is 42.2 Å². The fourth-order valence-corrected chi connectivity index (χ4v) is 3.15. The molecule has 2 aromatic rings. The van der Waals surface area contributed by atoms with Crippen LogP contribution in [0.4, 0.5) is 0 Å². The van der Waals surface area contributed by atoms with Gasteiger partial charge in [-0.25, -0.2) is 0 Å². The lowest BCUT2D eigenvalue weighted by Crippen LogP contribution is -2.51. The molecule has 4 heteroatoms. The number of pyridine rings is 1. The monoisotopic (exact) mass is 285 g/mol. The van der Waals surface area contributed by atoms with Crippen LogP contribution in [0, 0.1) is 6.92 Å². The van der Waals surface area contributed by atoms with E-state index in [4.69, 9.17) is 10.5 Å². The number of piperidine rings is 1. The second-order valence-electron chi connectivity index (χ2n) is 5.89. The van der Waals surface area contributed by atoms with Gasteiger partial charge in [0.2, 0.25) is 0 Å². The van der Waals surface area contributed by atoms with Crippen LogP contribution in [0.15, 0.2) is 30.5 Å². The van der Waals surface area contributed by atoms with E-state index < -0.39 is 0 Å². The van der Waals surface area contributed by atoms with Crippen molar-refractivity contribution in [2.24, 2.45) is 5.73 Å². The highest BCUT2D eigenvalue weighted by Gasteiger charge is 2.26. The van der Waals surface area contributed by atoms with Gasteiger partial charge in [-0.05, 0) is 36.6 Å². The molecule has 112 valence electrons. The predicted octanol–water partition coefficient (Wildman–Crippen LogP) is 2.09. The van der Waals surface area contributed by atoms with Crippen molar-refractivity contribution in [1.82, 2.24) is 9.88 Å². The molecule has 2 atom stereocenters. The smallest absolute Gasteiger partial charge is 0.0849 e. The van der Waals surface area contributed by atoms with Crippen molar-refractivity contribution in [1.29, 1.82) is 0 Å². The van der Waals surface area contributed by atoms with Crippen LogP contribution in [0.3, 0.4) is 0 Å². The molecule has 1 aromatic carbocycles. The maximum atomic E-state index is 6.10. The Morgan fingerprint density at radius 2 is 2.24 bits per heavy atom. The molecule has 2 heterocycles. The fraction of sp³-hybridized carbons (Fsp3) is 0.471. The van der Waals surface area contributed by atoms with Crippen molar-refractivity contribution < 1.29 is 4.74 Å². The maximum Gasteiger partial charge on any atom is 0.0849 e. The number of rotatable bonds is 3. The average Bonchev–Trinajstić information content (AvgIpc) is 2.52. The topological polar surface area (TPSA) is 51.4 Å². The van der Waals surface area contributed by atoms with E-state index in [2.05, 4.69) is 35.0 Å². The Hall–Kier alpha value is -1.49. The summed E-state index contributed by atoms with van der Waals surface area (Å²) in [7, 11) is 1.75. The summed E-state index contributed by atoms with van der Waals surface area (Å²) in [5.41, 5.74) is 9.85. The zero-order valence-corrected chi connectivity index (χ0v) is 12.7. The Labute approximate surface area is 125 Å². The van der Waals surface area contributed by atoms with Crippen molar-refractivity contribution in [3.63, 3.8) is 0 Å². The lowest BCUT2D eigenvalue weighted by atomic mass is 9.99. The molecule has 1 fully saturated rings. The van der Waals surface area contributed by atoms with Crippen LogP contribution in [0.25, 0.3) is 10.9 Å². The highest BCUT2D eigenvalue weighted by molar-refractivity contribution is 5.83. The Balaban J connectivity index is 1.86. The standard InChI is InChI=1S/C17H23N3O/c1-12-5-6-16-13(4-3-8-19-16)14(12)10-20-9-7-15(18)17(11-20)21-2/h3-6,8,15,17H,7,9-11,18H2,1-2H3/t15-,17+/m1/s1. The number of fused-ring (bicyclic) bond motifs is 1. The van der Waals surface area contributed by atoms with Crippen molar-refractivity contribution in [2.75, 3.05) is 20.2 Å². The summed E-state index contributed by atoms with van der Waals surface area (Å²) in [6.45, 7) is 5.03. The quantitative estimate of drug-likeness (QED) is 0.938. The van der Waals surface area contributed by atoms with Crippen LogP contribution in [-0.2, 0) is 11.3 Å². The van der Waals surface area contributed by atoms with Crippen molar-refractivity contribution in [3.05, 3.63) is 41.6 Å². The number of ether oxygens (including phenoxy) is 1. The van der Waals surface area contributed by atoms with Crippen LogP contribution in [0.2, 0.25) is 0 Å². The minimum absolute atomic E-state index is 0.132. The average molecular weight is 285 g/mol. The molecule has 0 amide bonds. The molecule has 1 aromatic heterocycles. The maximum absolute atomic E-state index is 6.10. The number of hydrogen-bond donors (Lipinski definition) is 1. The van der Waals surface area contributed by atoms with Gasteiger partial charge >= 0.3 is 0 Å². The van der Waals surface area contributed by atoms with E-state index in [1.54, 1.807) is 7.11 Å². The highest BCUT2D eigenvalue weighted by Crippen LogP contribution is 2.24. The van der Waals surface area contributed by atoms with E-state index in [1.165, 1.54) is 16.5 Å². The molecule has 1 aliphatic heterocycles. The number of likely N-dealkylation sites (tertiary alicyclic amines) is 1. The number of benzene rings is 1. The Morgan fingerprint density at radius 1 is 1.38 bits per heavy atom. The first-order valence-corrected chi connectivity index (χ1v) is 7.53. The normalized spacial score (nSPS) is 23.6. The van der Waals surface area contributed by atoms with Gasteiger partial charge in [0.25, 0.3) is 0 Å². The van der Waals surface area contributed by atoms with Crippen molar-refractivity contribution in [3.8, 4) is 0 Å². The summed E-state index contributed by atoms with van der Waals surface area (Å²) in [5, 5.41) is 1.25. The molecule has 0 saturated carbocycles. The highest BCUT2D eigenvalue weighted by atomic mass is 16.5. The number of nitrogens with zero attached hydrogens (tertiary/aromatic N) is 2. The third kappa shape index (κ3) is 2.93. The second kappa shape index (κ2) is 6.10. The van der Waals surface area contributed by atoms with E-state index in [9.17, 15) is 0 Å². The van der Waals surface area contributed by atoms with Gasteiger partial charge in [0.15, 0.2) is 0 Å². The van der Waals surface area contributed by atoms with Crippen molar-refractivity contribution >= 4 is 10.9 Å². The molecule has 0 bridgehead atoms. The molecular weight excluding hydrogens is 262 g/mol. The summed E-state index contributed by atoms with van der Waals surface area (Å²) in [4.78, 5) is 6.89. The fourth-order valence-electron chi connectivity index (χ4n) is 3.15. The van der Waals surface area contributed by atoms with Gasteiger partial charge in [-0.3, -0.25) is 9.88 Å². The summed E-state index contributed by atoms with van der Waals surface area (Å²) >= 11 is 0. The minimum Gasteiger partial charge on any atom is -0.379 e. The number of nitrogens with two attached hydrogens (primary N) is 1. The molecule has 1 aliphatic rings. The van der Waals surface area contributed by atoms with E-state index in [0.29, 0.717) is 0 Å². The minimum atomic E-state index is 0.132. The third-order valence-corrected chi connectivity index (χ3v) is 4.51. The van der Waals surface area contributed by atoms with Crippen LogP contribution in [0.1, 0.15) is 17.5 Å². The lowest BCUT2D eigenvalue weighted by Gasteiger charge is -2.36. The van der Waals surface area contributed by atoms with Gasteiger partial charge in [0.05, 0.1) is 11.6 Å². The molecule has 21 heavy (non-hydrogen) atoms. The van der Waals surface area contributed by atoms with Gasteiger partial charge in [-0.1, -0.05) is 12.1 Å². The number of aromatic nitrogens is 1. The number of methoxy groups -OCH3 is 1. The van der Waals surface area contributed by atoms with Crippen LogP contribution < -0.4 is 5.73 Å². The lowest BCUT2D eigenvalue weighted by molar-refractivity contribution is 0.0141. The first kappa shape index (κ1) is 14.4. The summed E-state index contributed by atoms with van der Waals surface area (Å²) < 4.78 is 5.51. The third-order valence-electron chi connectivity index (χ3n) is 4.51. The molecule has 2 N–H and O–H groups in total. The molecule has 4 nitrogen and oxygen atoms in total. The van der Waals surface area contributed by atoms with E-state index >= 15 is 0 Å². The molecule has 1 saturated heterocycles. The van der Waals surface area contributed by atoms with Crippen LogP contribution in [0.5, 0.6) is 0 Å². The largest absolute Gasteiger partial charge is 0.379 e. The second-order valence-corrected chi connectivity index (χ2v) is 5.89. The zero-order valence-electron chi connectivity index (χ0n) is 12.7. The van der Waals surface area contributed by atoms with E-state index in [-0.39, 0.29) is 12.1 Å². The number of hydrogen-bond acceptors (Lipinski definition) is 4. The van der Waals surface area contributed by atoms with Crippen molar-refractivity contribution in [2.45, 2.75) is 32.0 Å². The van der Waals surface area contributed by atoms with Gasteiger partial charge in [0.1, 0.15) is 0 Å². The SMILES string of the molecule is CO[C@H]1CN(Cc2c(C)ccc3ncccc23)CC[C@H]1N. The number of aryl methyl sites for hydroxylation is 1. The Bertz CT molecular complexity index is 628. The summed E-state index contributed by atoms with van der Waals surface area (Å²) in [6, 6.07) is 8.58. The van der Waals surface area contributed by atoms with Gasteiger partial charge in [-0.2, -0.15) is 0 Å². The molecule has 0 aliphatic carbocycles. The first-order chi connectivity index (χ1) is 10.2. The Kier molecular flexibility index (Phi) is 4.19. The Morgan fingerprint density at radius 3 is 3.05 bits per heavy atom. The van der Waals surface area contributed by atoms with E-state index in [0.717, 1.165) is 31.6 Å².